The van der Waals surface area contributed by atoms with Crippen molar-refractivity contribution in [2.24, 2.45) is 0 Å². The van der Waals surface area contributed by atoms with Crippen LogP contribution in [0.4, 0.5) is 14.9 Å². The molecule has 2 N–H and O–H groups in total. The van der Waals surface area contributed by atoms with Gasteiger partial charge in [-0.2, -0.15) is 0 Å². The average Bonchev–Trinajstić information content (AvgIpc) is 2.62. The molecule has 0 fully saturated rings. The lowest BCUT2D eigenvalue weighted by Crippen LogP contribution is -2.41. The van der Waals surface area contributed by atoms with Crippen molar-refractivity contribution in [3.63, 3.8) is 0 Å². The number of benzene rings is 2. The van der Waals surface area contributed by atoms with Crippen LogP contribution in [-0.2, 0) is 6.54 Å². The van der Waals surface area contributed by atoms with Crippen LogP contribution in [0, 0.1) is 5.82 Å². The predicted octanol–water partition coefficient (Wildman–Crippen LogP) is 3.64. The first-order valence-corrected chi connectivity index (χ1v) is 8.11. The Hall–Kier alpha value is -2.60. The van der Waals surface area contributed by atoms with Crippen LogP contribution >= 0.6 is 0 Å². The summed E-state index contributed by atoms with van der Waals surface area (Å²) in [6.45, 7) is 2.26. The number of ether oxygens (including phenoxy) is 1. The Morgan fingerprint density at radius 2 is 2.00 bits per heavy atom. The first kappa shape index (κ1) is 18.7. The summed E-state index contributed by atoms with van der Waals surface area (Å²) in [7, 11) is 1.42. The Kier molecular flexibility index (Phi) is 6.77. The van der Waals surface area contributed by atoms with Gasteiger partial charge in [0.25, 0.3) is 0 Å². The summed E-state index contributed by atoms with van der Waals surface area (Å²) in [5, 5.41) is 12.0. The van der Waals surface area contributed by atoms with Gasteiger partial charge in [-0.25, -0.2) is 9.18 Å². The summed E-state index contributed by atoms with van der Waals surface area (Å²) < 4.78 is 18.4. The minimum atomic E-state index is -0.440. The van der Waals surface area contributed by atoms with Crippen molar-refractivity contribution in [2.75, 3.05) is 19.0 Å². The Labute approximate surface area is 147 Å². The Bertz CT molecular complexity index is 694. The number of methoxy groups -OCH3 is 1. The van der Waals surface area contributed by atoms with Crippen LogP contribution in [0.15, 0.2) is 48.5 Å². The zero-order valence-corrected chi connectivity index (χ0v) is 14.4. The lowest BCUT2D eigenvalue weighted by Gasteiger charge is -2.29. The van der Waals surface area contributed by atoms with E-state index < -0.39 is 5.82 Å². The first-order valence-electron chi connectivity index (χ1n) is 8.11. The van der Waals surface area contributed by atoms with Crippen molar-refractivity contribution in [3.8, 4) is 5.75 Å². The zero-order chi connectivity index (χ0) is 18.2. The number of aliphatic hydroxyl groups is 1. The number of nitrogens with one attached hydrogen (secondary N) is 1. The maximum absolute atomic E-state index is 13.3. The van der Waals surface area contributed by atoms with Gasteiger partial charge in [0.05, 0.1) is 12.8 Å². The molecule has 1 unspecified atom stereocenters. The Balaban J connectivity index is 2.20. The van der Waals surface area contributed by atoms with Gasteiger partial charge >= 0.3 is 6.03 Å². The lowest BCUT2D eigenvalue weighted by atomic mass is 10.1. The standard InChI is InChI=1S/C19H23FN2O3/c1-14(10-11-23)22(13-15-6-4-3-5-7-15)19(24)21-17-9-8-16(20)12-18(17)25-2/h3-9,12,14,23H,10-11,13H2,1-2H3,(H,21,24). The van der Waals surface area contributed by atoms with Crippen molar-refractivity contribution >= 4 is 11.7 Å². The molecule has 25 heavy (non-hydrogen) atoms. The largest absolute Gasteiger partial charge is 0.494 e. The van der Waals surface area contributed by atoms with Crippen LogP contribution in [0.3, 0.4) is 0 Å². The molecule has 5 nitrogen and oxygen atoms in total. The smallest absolute Gasteiger partial charge is 0.322 e. The molecule has 0 saturated carbocycles. The van der Waals surface area contributed by atoms with E-state index in [-0.39, 0.29) is 24.4 Å². The van der Waals surface area contributed by atoms with E-state index in [1.54, 1.807) is 4.90 Å². The van der Waals surface area contributed by atoms with Gasteiger partial charge < -0.3 is 20.1 Å². The van der Waals surface area contributed by atoms with Crippen LogP contribution in [0.2, 0.25) is 0 Å². The van der Waals surface area contributed by atoms with Crippen molar-refractivity contribution in [1.29, 1.82) is 0 Å². The average molecular weight is 346 g/mol. The van der Waals surface area contributed by atoms with Crippen molar-refractivity contribution < 1.29 is 19.0 Å². The van der Waals surface area contributed by atoms with Crippen molar-refractivity contribution in [3.05, 3.63) is 59.9 Å². The molecule has 0 aliphatic heterocycles. The van der Waals surface area contributed by atoms with Gasteiger partial charge in [0.15, 0.2) is 0 Å². The van der Waals surface area contributed by atoms with E-state index in [1.165, 1.54) is 25.3 Å². The molecule has 0 heterocycles. The molecule has 2 aromatic carbocycles. The number of hydrogen-bond acceptors (Lipinski definition) is 3. The van der Waals surface area contributed by atoms with Gasteiger partial charge in [0, 0.05) is 25.3 Å². The van der Waals surface area contributed by atoms with Crippen LogP contribution in [0.5, 0.6) is 5.75 Å². The summed E-state index contributed by atoms with van der Waals surface area (Å²) in [6, 6.07) is 13.0. The molecular weight excluding hydrogens is 323 g/mol. The molecule has 2 rings (SSSR count). The number of anilines is 1. The second kappa shape index (κ2) is 9.03. The summed E-state index contributed by atoms with van der Waals surface area (Å²) in [6.07, 6.45) is 0.459. The Morgan fingerprint density at radius 3 is 2.64 bits per heavy atom. The topological polar surface area (TPSA) is 61.8 Å². The molecule has 0 bridgehead atoms. The summed E-state index contributed by atoms with van der Waals surface area (Å²) in [5.74, 6) is -0.188. The van der Waals surface area contributed by atoms with E-state index in [9.17, 15) is 14.3 Å². The highest BCUT2D eigenvalue weighted by Gasteiger charge is 2.21. The number of carbonyl (C=O) groups is 1. The summed E-state index contributed by atoms with van der Waals surface area (Å²) >= 11 is 0. The van der Waals surface area contributed by atoms with E-state index in [4.69, 9.17) is 4.74 Å². The van der Waals surface area contributed by atoms with Gasteiger partial charge in [-0.1, -0.05) is 30.3 Å². The molecule has 1 atom stereocenters. The quantitative estimate of drug-likeness (QED) is 0.805. The molecule has 0 radical (unpaired) electrons. The van der Waals surface area contributed by atoms with Crippen LogP contribution in [0.1, 0.15) is 18.9 Å². The van der Waals surface area contributed by atoms with Gasteiger partial charge in [0.2, 0.25) is 0 Å². The molecule has 2 aromatic rings. The third kappa shape index (κ3) is 5.19. The maximum atomic E-state index is 13.3. The van der Waals surface area contributed by atoms with E-state index >= 15 is 0 Å². The normalized spacial score (nSPS) is 11.7. The molecule has 134 valence electrons. The van der Waals surface area contributed by atoms with E-state index in [0.29, 0.717) is 18.7 Å². The van der Waals surface area contributed by atoms with Crippen LogP contribution < -0.4 is 10.1 Å². The third-order valence-corrected chi connectivity index (χ3v) is 3.94. The number of carbonyl (C=O) groups excluding carboxylic acids is 1. The highest BCUT2D eigenvalue weighted by Crippen LogP contribution is 2.26. The molecule has 0 spiro atoms. The highest BCUT2D eigenvalue weighted by atomic mass is 19.1. The molecule has 6 heteroatoms. The van der Waals surface area contributed by atoms with Crippen LogP contribution in [0.25, 0.3) is 0 Å². The third-order valence-electron chi connectivity index (χ3n) is 3.94. The fraction of sp³-hybridized carbons (Fsp3) is 0.316. The van der Waals surface area contributed by atoms with Gasteiger partial charge in [0.1, 0.15) is 11.6 Å². The van der Waals surface area contributed by atoms with Gasteiger partial charge in [-0.05, 0) is 31.0 Å². The molecule has 0 saturated heterocycles. The Morgan fingerprint density at radius 1 is 1.28 bits per heavy atom. The number of urea groups is 1. The highest BCUT2D eigenvalue weighted by molar-refractivity contribution is 5.91. The number of halogens is 1. The molecular formula is C19H23FN2O3. The van der Waals surface area contributed by atoms with Crippen LogP contribution in [-0.4, -0.2) is 35.8 Å². The molecule has 0 aliphatic rings. The number of nitrogens with zero attached hydrogens (tertiary/aromatic N) is 1. The SMILES string of the molecule is COc1cc(F)ccc1NC(=O)N(Cc1ccccc1)C(C)CCO. The summed E-state index contributed by atoms with van der Waals surface area (Å²) in [4.78, 5) is 14.4. The maximum Gasteiger partial charge on any atom is 0.322 e. The minimum absolute atomic E-state index is 0.0143. The molecule has 0 aliphatic carbocycles. The second-order valence-corrected chi connectivity index (χ2v) is 5.75. The second-order valence-electron chi connectivity index (χ2n) is 5.75. The van der Waals surface area contributed by atoms with Crippen molar-refractivity contribution in [2.45, 2.75) is 25.9 Å². The summed E-state index contributed by atoms with van der Waals surface area (Å²) in [5.41, 5.74) is 1.37. The minimum Gasteiger partial charge on any atom is -0.494 e. The van der Waals surface area contributed by atoms with E-state index in [2.05, 4.69) is 5.32 Å². The zero-order valence-electron chi connectivity index (χ0n) is 14.4. The molecule has 0 aromatic heterocycles. The number of hydrogen-bond donors (Lipinski definition) is 2. The van der Waals surface area contributed by atoms with E-state index in [0.717, 1.165) is 5.56 Å². The van der Waals surface area contributed by atoms with Crippen molar-refractivity contribution in [1.82, 2.24) is 4.90 Å². The molecule has 2 amide bonds. The van der Waals surface area contributed by atoms with Gasteiger partial charge in [-0.15, -0.1) is 0 Å². The van der Waals surface area contributed by atoms with E-state index in [1.807, 2.05) is 37.3 Å². The number of amides is 2. The van der Waals surface area contributed by atoms with Gasteiger partial charge in [-0.3, -0.25) is 0 Å². The lowest BCUT2D eigenvalue weighted by molar-refractivity contribution is 0.169. The number of aliphatic hydroxyl groups excluding tert-OH is 1. The number of rotatable bonds is 7. The monoisotopic (exact) mass is 346 g/mol. The fourth-order valence-corrected chi connectivity index (χ4v) is 2.51. The fourth-order valence-electron chi connectivity index (χ4n) is 2.51. The predicted molar refractivity (Wildman–Crippen MR) is 95.1 cm³/mol. The first-order chi connectivity index (χ1) is 12.0.